The largest absolute Gasteiger partial charge is 0.416 e. The first kappa shape index (κ1) is 22.5. The van der Waals surface area contributed by atoms with Gasteiger partial charge in [0.15, 0.2) is 5.78 Å². The number of carbonyl (C=O) groups excluding carboxylic acids is 1. The van der Waals surface area contributed by atoms with E-state index in [4.69, 9.17) is 5.14 Å². The number of nitrogens with two attached hydrogens (primary N) is 1. The van der Waals surface area contributed by atoms with Gasteiger partial charge in [0.05, 0.1) is 10.5 Å². The molecule has 2 atom stereocenters. The van der Waals surface area contributed by atoms with Crippen molar-refractivity contribution < 1.29 is 26.4 Å². The fourth-order valence-electron chi connectivity index (χ4n) is 4.31. The summed E-state index contributed by atoms with van der Waals surface area (Å²) in [6, 6.07) is 11.0. The van der Waals surface area contributed by atoms with Crippen molar-refractivity contribution in [2.75, 3.05) is 0 Å². The van der Waals surface area contributed by atoms with Gasteiger partial charge in [-0.15, -0.1) is 0 Å². The lowest BCUT2D eigenvalue weighted by Gasteiger charge is -2.08. The predicted octanol–water partition coefficient (Wildman–Crippen LogP) is 5.15. The zero-order chi connectivity index (χ0) is 22.3. The lowest BCUT2D eigenvalue weighted by atomic mass is 10.0. The van der Waals surface area contributed by atoms with Gasteiger partial charge < -0.3 is 0 Å². The maximum Gasteiger partial charge on any atom is 0.416 e. The Kier molecular flexibility index (Phi) is 5.86. The fourth-order valence-corrected chi connectivity index (χ4v) is 4.82. The SMILES string of the molecule is CC1(C)C(CCCC(=O)c2cccc(C(F)(F)F)c2)[C@@H]1c1ccc(S(N)(=O)=O)cc1. The Hall–Kier alpha value is -2.19. The Balaban J connectivity index is 1.59. The molecule has 162 valence electrons. The number of primary sulfonamides is 1. The van der Waals surface area contributed by atoms with Crippen molar-refractivity contribution in [1.82, 2.24) is 0 Å². The summed E-state index contributed by atoms with van der Waals surface area (Å²) in [4.78, 5) is 12.4. The van der Waals surface area contributed by atoms with E-state index < -0.39 is 21.8 Å². The molecule has 4 nitrogen and oxygen atoms in total. The van der Waals surface area contributed by atoms with Crippen molar-refractivity contribution in [2.24, 2.45) is 16.5 Å². The molecule has 8 heteroatoms. The highest BCUT2D eigenvalue weighted by atomic mass is 32.2. The summed E-state index contributed by atoms with van der Waals surface area (Å²) < 4.78 is 61.3. The smallest absolute Gasteiger partial charge is 0.294 e. The quantitative estimate of drug-likeness (QED) is 0.607. The number of hydrogen-bond acceptors (Lipinski definition) is 3. The lowest BCUT2D eigenvalue weighted by Crippen LogP contribution is -2.11. The molecule has 0 aromatic heterocycles. The second-order valence-electron chi connectivity index (χ2n) is 8.41. The standard InChI is InChI=1S/C22H24F3NO3S/c1-21(2)18(20(21)14-9-11-17(12-10-14)30(26,28)29)7-4-8-19(27)15-5-3-6-16(13-15)22(23,24)25/h3,5-6,9-13,18,20H,4,7-8H2,1-2H3,(H2,26,28,29)/t18?,20-/m0/s1. The molecule has 0 amide bonds. The van der Waals surface area contributed by atoms with Crippen molar-refractivity contribution in [2.45, 2.75) is 50.1 Å². The van der Waals surface area contributed by atoms with Gasteiger partial charge in [-0.05, 0) is 59.9 Å². The number of hydrogen-bond donors (Lipinski definition) is 1. The van der Waals surface area contributed by atoms with Crippen molar-refractivity contribution in [1.29, 1.82) is 0 Å². The average Bonchev–Trinajstić information content (AvgIpc) is 3.20. The molecular weight excluding hydrogens is 415 g/mol. The zero-order valence-electron chi connectivity index (χ0n) is 16.7. The zero-order valence-corrected chi connectivity index (χ0v) is 17.6. The number of carbonyl (C=O) groups is 1. The van der Waals surface area contributed by atoms with Crippen molar-refractivity contribution >= 4 is 15.8 Å². The number of halogens is 3. The third kappa shape index (κ3) is 4.75. The second kappa shape index (κ2) is 7.81. The first-order chi connectivity index (χ1) is 13.8. The predicted molar refractivity (Wildman–Crippen MR) is 107 cm³/mol. The van der Waals surface area contributed by atoms with Gasteiger partial charge in [0.2, 0.25) is 10.0 Å². The van der Waals surface area contributed by atoms with Gasteiger partial charge in [0, 0.05) is 12.0 Å². The molecule has 0 heterocycles. The first-order valence-electron chi connectivity index (χ1n) is 9.65. The van der Waals surface area contributed by atoms with Gasteiger partial charge in [0.1, 0.15) is 0 Å². The van der Waals surface area contributed by atoms with Gasteiger partial charge in [-0.2, -0.15) is 13.2 Å². The van der Waals surface area contributed by atoms with Crippen molar-refractivity contribution in [3.05, 3.63) is 65.2 Å². The van der Waals surface area contributed by atoms with Crippen LogP contribution in [0.3, 0.4) is 0 Å². The highest BCUT2D eigenvalue weighted by Gasteiger charge is 2.57. The van der Waals surface area contributed by atoms with E-state index in [0.29, 0.717) is 12.3 Å². The van der Waals surface area contributed by atoms with Crippen LogP contribution in [0, 0.1) is 11.3 Å². The van der Waals surface area contributed by atoms with Crippen LogP contribution in [-0.2, 0) is 16.2 Å². The van der Waals surface area contributed by atoms with Crippen LogP contribution in [0.15, 0.2) is 53.4 Å². The number of benzene rings is 2. The number of alkyl halides is 3. The van der Waals surface area contributed by atoms with Crippen LogP contribution in [0.4, 0.5) is 13.2 Å². The van der Waals surface area contributed by atoms with Crippen LogP contribution < -0.4 is 5.14 Å². The van der Waals surface area contributed by atoms with Crippen LogP contribution in [0.2, 0.25) is 0 Å². The lowest BCUT2D eigenvalue weighted by molar-refractivity contribution is -0.137. The minimum Gasteiger partial charge on any atom is -0.294 e. The molecule has 1 unspecified atom stereocenters. The van der Waals surface area contributed by atoms with Crippen LogP contribution in [0.1, 0.15) is 60.5 Å². The Morgan fingerprint density at radius 1 is 1.10 bits per heavy atom. The monoisotopic (exact) mass is 439 g/mol. The van der Waals surface area contributed by atoms with Gasteiger partial charge in [-0.3, -0.25) is 4.79 Å². The molecule has 1 saturated carbocycles. The van der Waals surface area contributed by atoms with Gasteiger partial charge >= 0.3 is 6.18 Å². The maximum atomic E-state index is 12.8. The molecule has 2 N–H and O–H groups in total. The molecule has 2 aromatic rings. The van der Waals surface area contributed by atoms with E-state index in [1.54, 1.807) is 12.1 Å². The molecule has 0 spiro atoms. The molecule has 30 heavy (non-hydrogen) atoms. The summed E-state index contributed by atoms with van der Waals surface area (Å²) in [6.45, 7) is 4.23. The number of sulfonamides is 1. The third-order valence-corrected chi connectivity index (χ3v) is 6.98. The summed E-state index contributed by atoms with van der Waals surface area (Å²) in [7, 11) is -3.74. The van der Waals surface area contributed by atoms with E-state index in [1.807, 2.05) is 0 Å². The van der Waals surface area contributed by atoms with E-state index in [1.165, 1.54) is 24.3 Å². The third-order valence-electron chi connectivity index (χ3n) is 6.05. The summed E-state index contributed by atoms with van der Waals surface area (Å²) >= 11 is 0. The molecule has 0 saturated heterocycles. The molecule has 2 aromatic carbocycles. The van der Waals surface area contributed by atoms with Crippen LogP contribution >= 0.6 is 0 Å². The highest BCUT2D eigenvalue weighted by molar-refractivity contribution is 7.89. The van der Waals surface area contributed by atoms with E-state index in [0.717, 1.165) is 24.1 Å². The van der Waals surface area contributed by atoms with Gasteiger partial charge in [-0.1, -0.05) is 38.1 Å². The Morgan fingerprint density at radius 3 is 2.30 bits per heavy atom. The number of Topliss-reactive ketones (excluding diaryl/α,β-unsaturated/α-hetero) is 1. The normalized spacial score (nSPS) is 20.7. The Labute approximate surface area is 174 Å². The van der Waals surface area contributed by atoms with Crippen LogP contribution in [0.25, 0.3) is 0 Å². The summed E-state index contributed by atoms with van der Waals surface area (Å²) in [5.41, 5.74) is 0.277. The average molecular weight is 439 g/mol. The van der Waals surface area contributed by atoms with E-state index in [2.05, 4.69) is 13.8 Å². The molecular formula is C22H24F3NO3S. The summed E-state index contributed by atoms with van der Waals surface area (Å²) in [6.07, 6.45) is -2.94. The molecule has 1 aliphatic carbocycles. The van der Waals surface area contributed by atoms with Crippen molar-refractivity contribution in [3.63, 3.8) is 0 Å². The Morgan fingerprint density at radius 2 is 1.73 bits per heavy atom. The molecule has 1 aliphatic rings. The molecule has 1 fully saturated rings. The minimum atomic E-state index is -4.47. The van der Waals surface area contributed by atoms with E-state index in [-0.39, 0.29) is 34.0 Å². The molecule has 0 aliphatic heterocycles. The topological polar surface area (TPSA) is 77.2 Å². The van der Waals surface area contributed by atoms with Crippen LogP contribution in [0.5, 0.6) is 0 Å². The van der Waals surface area contributed by atoms with E-state index in [9.17, 15) is 26.4 Å². The van der Waals surface area contributed by atoms with E-state index >= 15 is 0 Å². The van der Waals surface area contributed by atoms with Crippen molar-refractivity contribution in [3.8, 4) is 0 Å². The van der Waals surface area contributed by atoms with Gasteiger partial charge in [-0.25, -0.2) is 13.6 Å². The van der Waals surface area contributed by atoms with Crippen LogP contribution in [-0.4, -0.2) is 14.2 Å². The number of rotatable bonds is 7. The second-order valence-corrected chi connectivity index (χ2v) is 9.97. The Bertz CT molecular complexity index is 1040. The molecule has 0 bridgehead atoms. The highest BCUT2D eigenvalue weighted by Crippen LogP contribution is 2.66. The van der Waals surface area contributed by atoms with Gasteiger partial charge in [0.25, 0.3) is 0 Å². The maximum absolute atomic E-state index is 12.8. The summed E-state index contributed by atoms with van der Waals surface area (Å²) in [5, 5.41) is 5.13. The number of ketones is 1. The molecule has 0 radical (unpaired) electrons. The first-order valence-corrected chi connectivity index (χ1v) is 11.2. The minimum absolute atomic E-state index is 0.00234. The summed E-state index contributed by atoms with van der Waals surface area (Å²) in [5.74, 6) is 0.247. The fraction of sp³-hybridized carbons (Fsp3) is 0.409. The molecule has 3 rings (SSSR count).